The minimum Gasteiger partial charge on any atom is -0.457 e. The summed E-state index contributed by atoms with van der Waals surface area (Å²) in [6.45, 7) is 0. The van der Waals surface area contributed by atoms with Gasteiger partial charge in [-0.25, -0.2) is 0 Å². The maximum absolute atomic E-state index is 10.6. The van der Waals surface area contributed by atoms with Gasteiger partial charge in [0.1, 0.15) is 0 Å². The molecule has 1 heterocycles. The van der Waals surface area contributed by atoms with Crippen molar-refractivity contribution in [2.24, 2.45) is 0 Å². The number of hydrogen-bond donors (Lipinski definition) is 0. The first-order valence-electron chi connectivity index (χ1n) is 3.50. The van der Waals surface area contributed by atoms with Crippen LogP contribution in [0.1, 0.15) is 0 Å². The molecule has 0 spiro atoms. The van der Waals surface area contributed by atoms with Crippen molar-refractivity contribution in [3.8, 4) is 0 Å². The summed E-state index contributed by atoms with van der Waals surface area (Å²) >= 11 is 3.28. The molecule has 0 amide bonds. The molecule has 66 valence electrons. The summed E-state index contributed by atoms with van der Waals surface area (Å²) < 4.78 is 5.81. The third-order valence-corrected chi connectivity index (χ3v) is 2.43. The van der Waals surface area contributed by atoms with Crippen molar-refractivity contribution in [2.45, 2.75) is 0 Å². The third-order valence-electron chi connectivity index (χ3n) is 1.74. The maximum Gasteiger partial charge on any atom is 0.312 e. The van der Waals surface area contributed by atoms with Crippen molar-refractivity contribution in [3.63, 3.8) is 0 Å². The Morgan fingerprint density at radius 1 is 1.38 bits per heavy atom. The van der Waals surface area contributed by atoms with Gasteiger partial charge >= 0.3 is 5.69 Å². The number of furan rings is 1. The number of nitro benzene ring substituents is 1. The van der Waals surface area contributed by atoms with Crippen molar-refractivity contribution in [2.75, 3.05) is 0 Å². The van der Waals surface area contributed by atoms with Gasteiger partial charge in [-0.2, -0.15) is 0 Å². The number of nitro groups is 1. The summed E-state index contributed by atoms with van der Waals surface area (Å²) in [5.74, 6) is 0. The van der Waals surface area contributed by atoms with E-state index in [1.54, 1.807) is 12.1 Å². The molecule has 13 heavy (non-hydrogen) atoms. The second-order valence-corrected chi connectivity index (χ2v) is 3.34. The molecule has 0 aliphatic carbocycles. The SMILES string of the molecule is O=[N+]([O-])c1ccc(Br)c2ccoc12. The fourth-order valence-electron chi connectivity index (χ4n) is 1.16. The number of nitrogens with zero attached hydrogens (tertiary/aromatic N) is 1. The fourth-order valence-corrected chi connectivity index (χ4v) is 1.60. The number of halogens is 1. The fraction of sp³-hybridized carbons (Fsp3) is 0. The average Bonchev–Trinajstić information content (AvgIpc) is 2.53. The Hall–Kier alpha value is -1.36. The zero-order valence-corrected chi connectivity index (χ0v) is 7.95. The summed E-state index contributed by atoms with van der Waals surface area (Å²) in [6, 6.07) is 4.73. The van der Waals surface area contributed by atoms with Crippen molar-refractivity contribution in [1.29, 1.82) is 0 Å². The number of benzene rings is 1. The molecule has 1 aromatic heterocycles. The van der Waals surface area contributed by atoms with Crippen LogP contribution < -0.4 is 0 Å². The van der Waals surface area contributed by atoms with Gasteiger partial charge in [0.05, 0.1) is 11.2 Å². The van der Waals surface area contributed by atoms with E-state index in [2.05, 4.69) is 15.9 Å². The van der Waals surface area contributed by atoms with Gasteiger partial charge in [-0.05, 0) is 12.1 Å². The lowest BCUT2D eigenvalue weighted by Crippen LogP contribution is -1.87. The van der Waals surface area contributed by atoms with Crippen LogP contribution in [-0.2, 0) is 0 Å². The molecule has 0 aliphatic rings. The molecule has 0 atom stereocenters. The highest BCUT2D eigenvalue weighted by atomic mass is 79.9. The number of rotatable bonds is 1. The van der Waals surface area contributed by atoms with Crippen LogP contribution in [0.25, 0.3) is 11.0 Å². The van der Waals surface area contributed by atoms with Gasteiger partial charge in [-0.15, -0.1) is 0 Å². The molecule has 1 aromatic carbocycles. The summed E-state index contributed by atoms with van der Waals surface area (Å²) in [7, 11) is 0. The Kier molecular flexibility index (Phi) is 1.81. The van der Waals surface area contributed by atoms with E-state index in [1.807, 2.05) is 0 Å². The first kappa shape index (κ1) is 8.25. The number of hydrogen-bond acceptors (Lipinski definition) is 3. The molecule has 0 N–H and O–H groups in total. The van der Waals surface area contributed by atoms with E-state index in [4.69, 9.17) is 4.42 Å². The molecule has 0 unspecified atom stereocenters. The lowest BCUT2D eigenvalue weighted by Gasteiger charge is -1.94. The second kappa shape index (κ2) is 2.85. The minimum atomic E-state index is -0.460. The van der Waals surface area contributed by atoms with Crippen molar-refractivity contribution in [1.82, 2.24) is 0 Å². The van der Waals surface area contributed by atoms with E-state index < -0.39 is 4.92 Å². The van der Waals surface area contributed by atoms with Gasteiger partial charge in [0, 0.05) is 15.9 Å². The Labute approximate surface area is 81.4 Å². The zero-order chi connectivity index (χ0) is 9.42. The van der Waals surface area contributed by atoms with Crippen LogP contribution in [0.5, 0.6) is 0 Å². The lowest BCUT2D eigenvalue weighted by atomic mass is 10.2. The predicted molar refractivity (Wildman–Crippen MR) is 50.6 cm³/mol. The summed E-state index contributed by atoms with van der Waals surface area (Å²) in [5.41, 5.74) is 0.294. The highest BCUT2D eigenvalue weighted by molar-refractivity contribution is 9.10. The average molecular weight is 242 g/mol. The maximum atomic E-state index is 10.6. The molecule has 5 heteroatoms. The van der Waals surface area contributed by atoms with Crippen LogP contribution in [0.15, 0.2) is 33.4 Å². The summed E-state index contributed by atoms with van der Waals surface area (Å²) in [5, 5.41) is 11.3. The van der Waals surface area contributed by atoms with Gasteiger partial charge in [-0.3, -0.25) is 10.1 Å². The van der Waals surface area contributed by atoms with Crippen LogP contribution in [-0.4, -0.2) is 4.92 Å². The first-order chi connectivity index (χ1) is 6.20. The van der Waals surface area contributed by atoms with E-state index in [1.165, 1.54) is 12.3 Å². The van der Waals surface area contributed by atoms with E-state index in [-0.39, 0.29) is 5.69 Å². The van der Waals surface area contributed by atoms with Crippen LogP contribution in [0.4, 0.5) is 5.69 Å². The van der Waals surface area contributed by atoms with Gasteiger partial charge in [0.15, 0.2) is 0 Å². The first-order valence-corrected chi connectivity index (χ1v) is 4.29. The lowest BCUT2D eigenvalue weighted by molar-refractivity contribution is -0.383. The van der Waals surface area contributed by atoms with Gasteiger partial charge < -0.3 is 4.42 Å². The molecule has 0 saturated carbocycles. The largest absolute Gasteiger partial charge is 0.457 e. The molecule has 0 radical (unpaired) electrons. The topological polar surface area (TPSA) is 56.3 Å². The van der Waals surface area contributed by atoms with Gasteiger partial charge in [-0.1, -0.05) is 15.9 Å². The highest BCUT2D eigenvalue weighted by Gasteiger charge is 2.15. The molecule has 2 rings (SSSR count). The van der Waals surface area contributed by atoms with Crippen LogP contribution >= 0.6 is 15.9 Å². The Morgan fingerprint density at radius 2 is 2.15 bits per heavy atom. The van der Waals surface area contributed by atoms with Crippen LogP contribution in [0, 0.1) is 10.1 Å². The minimum absolute atomic E-state index is 0.0109. The Balaban J connectivity index is 2.86. The van der Waals surface area contributed by atoms with Gasteiger partial charge in [0.25, 0.3) is 0 Å². The van der Waals surface area contributed by atoms with Crippen LogP contribution in [0.2, 0.25) is 0 Å². The third kappa shape index (κ3) is 1.21. The second-order valence-electron chi connectivity index (χ2n) is 2.49. The normalized spacial score (nSPS) is 10.5. The standard InChI is InChI=1S/C8H4BrNO3/c9-6-1-2-7(10(11)12)8-5(6)3-4-13-8/h1-4H. The molecular formula is C8H4BrNO3. The van der Waals surface area contributed by atoms with Gasteiger partial charge in [0.2, 0.25) is 5.58 Å². The van der Waals surface area contributed by atoms with E-state index in [0.29, 0.717) is 11.0 Å². The molecule has 0 bridgehead atoms. The van der Waals surface area contributed by atoms with E-state index in [0.717, 1.165) is 4.47 Å². The van der Waals surface area contributed by atoms with Crippen LogP contribution in [0.3, 0.4) is 0 Å². The molecule has 0 saturated heterocycles. The quantitative estimate of drug-likeness (QED) is 0.570. The highest BCUT2D eigenvalue weighted by Crippen LogP contribution is 2.31. The van der Waals surface area contributed by atoms with E-state index in [9.17, 15) is 10.1 Å². The molecular weight excluding hydrogens is 238 g/mol. The molecule has 0 fully saturated rings. The van der Waals surface area contributed by atoms with E-state index >= 15 is 0 Å². The number of fused-ring (bicyclic) bond motifs is 1. The molecule has 4 nitrogen and oxygen atoms in total. The number of non-ortho nitro benzene ring substituents is 1. The van der Waals surface area contributed by atoms with Crippen molar-refractivity contribution >= 4 is 32.6 Å². The Morgan fingerprint density at radius 3 is 2.85 bits per heavy atom. The summed E-state index contributed by atoms with van der Waals surface area (Å²) in [6.07, 6.45) is 1.43. The monoisotopic (exact) mass is 241 g/mol. The molecule has 0 aliphatic heterocycles. The smallest absolute Gasteiger partial charge is 0.312 e. The Bertz CT molecular complexity index is 477. The van der Waals surface area contributed by atoms with Crippen molar-refractivity contribution in [3.05, 3.63) is 39.0 Å². The molecule has 2 aromatic rings. The van der Waals surface area contributed by atoms with Crippen molar-refractivity contribution < 1.29 is 9.34 Å². The summed E-state index contributed by atoms with van der Waals surface area (Å²) in [4.78, 5) is 10.1. The predicted octanol–water partition coefficient (Wildman–Crippen LogP) is 3.10. The zero-order valence-electron chi connectivity index (χ0n) is 6.36.